The molecule has 1 aliphatic rings. The van der Waals surface area contributed by atoms with Gasteiger partial charge in [-0.15, -0.1) is 11.6 Å². The monoisotopic (exact) mass is 478 g/mol. The molecule has 0 saturated heterocycles. The molecule has 1 amide bonds. The maximum atomic E-state index is 15.0. The van der Waals surface area contributed by atoms with Crippen molar-refractivity contribution in [2.75, 3.05) is 5.88 Å². The SMILES string of the molecule is O=C(CCl)N1N=C(c2cc(Cl)ccc2F)C(c2ccccc2)C1c1ccc2nccnc2c1. The third-order valence-corrected chi connectivity index (χ3v) is 6.12. The van der Waals surface area contributed by atoms with Gasteiger partial charge in [0.05, 0.1) is 28.7 Å². The molecule has 8 heteroatoms. The van der Waals surface area contributed by atoms with Crippen molar-refractivity contribution >= 4 is 45.9 Å². The molecule has 0 N–H and O–H groups in total. The first-order valence-corrected chi connectivity index (χ1v) is 11.2. The number of hydrazone groups is 1. The second-order valence-corrected chi connectivity index (χ2v) is 8.32. The molecule has 0 bridgehead atoms. The van der Waals surface area contributed by atoms with Crippen LogP contribution in [0.2, 0.25) is 5.02 Å². The molecular formula is C25H17Cl2FN4O. The van der Waals surface area contributed by atoms with E-state index in [9.17, 15) is 9.18 Å². The van der Waals surface area contributed by atoms with Crippen LogP contribution in [0, 0.1) is 5.82 Å². The average Bonchev–Trinajstić information content (AvgIpc) is 3.25. The Kier molecular flexibility index (Phi) is 5.79. The van der Waals surface area contributed by atoms with Gasteiger partial charge in [0.15, 0.2) is 0 Å². The smallest absolute Gasteiger partial charge is 0.258 e. The van der Waals surface area contributed by atoms with Crippen molar-refractivity contribution in [2.45, 2.75) is 12.0 Å². The van der Waals surface area contributed by atoms with Crippen LogP contribution in [0.15, 0.2) is 84.2 Å². The Morgan fingerprint density at radius 1 is 0.939 bits per heavy atom. The molecule has 2 atom stereocenters. The summed E-state index contributed by atoms with van der Waals surface area (Å²) in [6.07, 6.45) is 3.23. The Morgan fingerprint density at radius 3 is 2.45 bits per heavy atom. The molecule has 2 unspecified atom stereocenters. The Labute approximate surface area is 199 Å². The minimum absolute atomic E-state index is 0.242. The van der Waals surface area contributed by atoms with E-state index in [0.717, 1.165) is 16.6 Å². The lowest BCUT2D eigenvalue weighted by Gasteiger charge is -2.27. The van der Waals surface area contributed by atoms with Crippen LogP contribution in [-0.2, 0) is 4.79 Å². The van der Waals surface area contributed by atoms with E-state index in [0.29, 0.717) is 16.3 Å². The highest BCUT2D eigenvalue weighted by Crippen LogP contribution is 2.45. The molecule has 5 rings (SSSR count). The summed E-state index contributed by atoms with van der Waals surface area (Å²) < 4.78 is 15.0. The molecule has 0 saturated carbocycles. The number of fused-ring (bicyclic) bond motifs is 1. The zero-order valence-corrected chi connectivity index (χ0v) is 18.7. The topological polar surface area (TPSA) is 58.5 Å². The van der Waals surface area contributed by atoms with E-state index >= 15 is 0 Å². The number of aromatic nitrogens is 2. The molecule has 5 nitrogen and oxygen atoms in total. The van der Waals surface area contributed by atoms with E-state index in [4.69, 9.17) is 23.2 Å². The number of hydrogen-bond acceptors (Lipinski definition) is 4. The molecule has 33 heavy (non-hydrogen) atoms. The number of carbonyl (C=O) groups excluding carboxylic acids is 1. The lowest BCUT2D eigenvalue weighted by atomic mass is 9.81. The van der Waals surface area contributed by atoms with Gasteiger partial charge in [-0.1, -0.05) is 48.0 Å². The van der Waals surface area contributed by atoms with Crippen LogP contribution in [-0.4, -0.2) is 32.5 Å². The van der Waals surface area contributed by atoms with Gasteiger partial charge < -0.3 is 0 Å². The summed E-state index contributed by atoms with van der Waals surface area (Å²) in [6.45, 7) is 0. The van der Waals surface area contributed by atoms with Crippen LogP contribution in [0.25, 0.3) is 11.0 Å². The highest BCUT2D eigenvalue weighted by atomic mass is 35.5. The van der Waals surface area contributed by atoms with Crippen molar-refractivity contribution in [1.29, 1.82) is 0 Å². The van der Waals surface area contributed by atoms with Crippen molar-refractivity contribution in [3.63, 3.8) is 0 Å². The maximum Gasteiger partial charge on any atom is 0.258 e. The summed E-state index contributed by atoms with van der Waals surface area (Å²) in [5.74, 6) is -1.58. The molecular weight excluding hydrogens is 462 g/mol. The summed E-state index contributed by atoms with van der Waals surface area (Å²) in [6, 6.07) is 18.9. The molecule has 0 spiro atoms. The standard InChI is InChI=1S/C25H17Cl2FN4O/c26-14-22(33)32-25(16-6-9-20-21(12-16)30-11-10-29-20)23(15-4-2-1-3-5-15)24(31-32)18-13-17(27)7-8-19(18)28/h1-13,23,25H,14H2. The molecule has 1 aliphatic heterocycles. The highest BCUT2D eigenvalue weighted by molar-refractivity contribution is 6.31. The summed E-state index contributed by atoms with van der Waals surface area (Å²) in [5.41, 5.74) is 3.73. The predicted octanol–water partition coefficient (Wildman–Crippen LogP) is 5.73. The number of alkyl halides is 1. The quantitative estimate of drug-likeness (QED) is 0.351. The van der Waals surface area contributed by atoms with Crippen LogP contribution in [0.1, 0.15) is 28.7 Å². The second kappa shape index (κ2) is 8.89. The third kappa shape index (κ3) is 3.96. The van der Waals surface area contributed by atoms with Gasteiger partial charge >= 0.3 is 0 Å². The van der Waals surface area contributed by atoms with Crippen LogP contribution in [0.3, 0.4) is 0 Å². The van der Waals surface area contributed by atoms with Crippen molar-refractivity contribution < 1.29 is 9.18 Å². The number of benzene rings is 3. The molecule has 164 valence electrons. The van der Waals surface area contributed by atoms with E-state index < -0.39 is 17.8 Å². The lowest BCUT2D eigenvalue weighted by molar-refractivity contribution is -0.130. The normalized spacial score (nSPS) is 17.9. The van der Waals surface area contributed by atoms with E-state index in [1.807, 2.05) is 48.5 Å². The Bertz CT molecular complexity index is 1380. The molecule has 4 aromatic rings. The molecule has 0 fully saturated rings. The lowest BCUT2D eigenvalue weighted by Crippen LogP contribution is -2.31. The van der Waals surface area contributed by atoms with Crippen molar-refractivity contribution in [3.05, 3.63) is 107 Å². The molecule has 0 aliphatic carbocycles. The van der Waals surface area contributed by atoms with Gasteiger partial charge in [0.25, 0.3) is 5.91 Å². The van der Waals surface area contributed by atoms with Crippen molar-refractivity contribution in [1.82, 2.24) is 15.0 Å². The fraction of sp³-hybridized carbons (Fsp3) is 0.120. The van der Waals surface area contributed by atoms with Crippen LogP contribution in [0.4, 0.5) is 4.39 Å². The largest absolute Gasteiger partial charge is 0.272 e. The number of hydrogen-bond donors (Lipinski definition) is 0. The number of carbonyl (C=O) groups is 1. The summed E-state index contributed by atoms with van der Waals surface area (Å²) in [7, 11) is 0. The molecule has 3 aromatic carbocycles. The van der Waals surface area contributed by atoms with Gasteiger partial charge in [-0.2, -0.15) is 5.10 Å². The summed E-state index contributed by atoms with van der Waals surface area (Å²) >= 11 is 12.1. The third-order valence-electron chi connectivity index (χ3n) is 5.66. The van der Waals surface area contributed by atoms with Crippen LogP contribution >= 0.6 is 23.2 Å². The van der Waals surface area contributed by atoms with Gasteiger partial charge in [-0.3, -0.25) is 14.8 Å². The van der Waals surface area contributed by atoms with Crippen LogP contribution < -0.4 is 0 Å². The molecule has 0 radical (unpaired) electrons. The summed E-state index contributed by atoms with van der Waals surface area (Å²) in [4.78, 5) is 21.6. The van der Waals surface area contributed by atoms with Gasteiger partial charge in [-0.25, -0.2) is 9.40 Å². The number of nitrogens with zero attached hydrogens (tertiary/aromatic N) is 4. The Balaban J connectivity index is 1.74. The van der Waals surface area contributed by atoms with Gasteiger partial charge in [0, 0.05) is 23.0 Å². The number of amides is 1. The van der Waals surface area contributed by atoms with Crippen LogP contribution in [0.5, 0.6) is 0 Å². The Hall–Kier alpha value is -3.35. The van der Waals surface area contributed by atoms with Gasteiger partial charge in [0.1, 0.15) is 11.7 Å². The minimum Gasteiger partial charge on any atom is -0.272 e. The van der Waals surface area contributed by atoms with E-state index in [-0.39, 0.29) is 17.4 Å². The number of rotatable bonds is 4. The fourth-order valence-corrected chi connectivity index (χ4v) is 4.51. The number of halogens is 3. The summed E-state index contributed by atoms with van der Waals surface area (Å²) in [5, 5.41) is 6.33. The zero-order valence-electron chi connectivity index (χ0n) is 17.2. The predicted molar refractivity (Wildman–Crippen MR) is 127 cm³/mol. The van der Waals surface area contributed by atoms with Crippen molar-refractivity contribution in [3.8, 4) is 0 Å². The van der Waals surface area contributed by atoms with Crippen molar-refractivity contribution in [2.24, 2.45) is 5.10 Å². The van der Waals surface area contributed by atoms with E-state index in [2.05, 4.69) is 15.1 Å². The second-order valence-electron chi connectivity index (χ2n) is 7.62. The maximum absolute atomic E-state index is 15.0. The fourth-order valence-electron chi connectivity index (χ4n) is 4.22. The van der Waals surface area contributed by atoms with Gasteiger partial charge in [0.2, 0.25) is 0 Å². The first kappa shape index (κ1) is 21.5. The molecule has 1 aromatic heterocycles. The van der Waals surface area contributed by atoms with E-state index in [1.165, 1.54) is 23.2 Å². The first-order chi connectivity index (χ1) is 16.1. The Morgan fingerprint density at radius 2 is 1.70 bits per heavy atom. The highest BCUT2D eigenvalue weighted by Gasteiger charge is 2.43. The first-order valence-electron chi connectivity index (χ1n) is 10.2. The zero-order chi connectivity index (χ0) is 22.9. The van der Waals surface area contributed by atoms with Gasteiger partial charge in [-0.05, 0) is 41.5 Å². The minimum atomic E-state index is -0.557. The average molecular weight is 479 g/mol. The molecule has 2 heterocycles. The van der Waals surface area contributed by atoms with E-state index in [1.54, 1.807) is 12.4 Å².